The van der Waals surface area contributed by atoms with E-state index in [2.05, 4.69) is 50.3 Å². The fourth-order valence-corrected chi connectivity index (χ4v) is 5.44. The summed E-state index contributed by atoms with van der Waals surface area (Å²) in [5.41, 5.74) is 7.64. The van der Waals surface area contributed by atoms with E-state index in [1.54, 1.807) is 11.1 Å². The van der Waals surface area contributed by atoms with Gasteiger partial charge >= 0.3 is 6.36 Å². The molecule has 14 heteroatoms. The first kappa shape index (κ1) is 30.9. The summed E-state index contributed by atoms with van der Waals surface area (Å²) < 4.78 is 42.6. The highest BCUT2D eigenvalue weighted by molar-refractivity contribution is 8.15. The maximum Gasteiger partial charge on any atom is 0.573 e. The van der Waals surface area contributed by atoms with Crippen LogP contribution in [0.15, 0.2) is 83.2 Å². The van der Waals surface area contributed by atoms with Crippen LogP contribution in [-0.4, -0.2) is 49.3 Å². The zero-order valence-electron chi connectivity index (χ0n) is 23.7. The molecule has 2 heterocycles. The first-order valence-corrected chi connectivity index (χ1v) is 14.7. The van der Waals surface area contributed by atoms with E-state index >= 15 is 0 Å². The third-order valence-corrected chi connectivity index (χ3v) is 7.46. The molecule has 44 heavy (non-hydrogen) atoms. The van der Waals surface area contributed by atoms with Crippen LogP contribution in [0, 0.1) is 6.92 Å². The summed E-state index contributed by atoms with van der Waals surface area (Å²) in [5, 5.41) is 9.22. The Kier molecular flexibility index (Phi) is 9.11. The lowest BCUT2D eigenvalue weighted by Gasteiger charge is -2.22. The van der Waals surface area contributed by atoms with Gasteiger partial charge in [0.1, 0.15) is 12.1 Å². The number of benzene rings is 3. The zero-order valence-corrected chi connectivity index (χ0v) is 25.4. The Morgan fingerprint density at radius 3 is 2.64 bits per heavy atom. The Morgan fingerprint density at radius 2 is 1.91 bits per heavy atom. The number of rotatable bonds is 7. The average molecular weight is 638 g/mol. The number of carbonyl (C=O) groups is 1. The van der Waals surface area contributed by atoms with Crippen molar-refractivity contribution in [3.8, 4) is 22.8 Å². The van der Waals surface area contributed by atoms with Crippen LogP contribution in [0.25, 0.3) is 17.1 Å². The van der Waals surface area contributed by atoms with Gasteiger partial charge in [-0.3, -0.25) is 15.1 Å². The third kappa shape index (κ3) is 7.50. The second kappa shape index (κ2) is 13.0. The maximum absolute atomic E-state index is 12.8. The zero-order chi connectivity index (χ0) is 31.4. The van der Waals surface area contributed by atoms with Crippen molar-refractivity contribution < 1.29 is 22.7 Å². The van der Waals surface area contributed by atoms with E-state index in [9.17, 15) is 18.0 Å². The predicted octanol–water partition coefficient (Wildman–Crippen LogP) is 6.61. The molecule has 0 spiro atoms. The third-order valence-electron chi connectivity index (χ3n) is 6.35. The smallest absolute Gasteiger partial charge is 0.406 e. The van der Waals surface area contributed by atoms with E-state index in [1.165, 1.54) is 47.0 Å². The molecule has 1 aliphatic heterocycles. The molecule has 0 radical (unpaired) electrons. The molecule has 1 saturated heterocycles. The van der Waals surface area contributed by atoms with Crippen molar-refractivity contribution in [2.75, 3.05) is 10.7 Å². The normalized spacial score (nSPS) is 14.7. The van der Waals surface area contributed by atoms with Crippen LogP contribution in [0.5, 0.6) is 5.75 Å². The molecule has 4 aromatic rings. The lowest BCUT2D eigenvalue weighted by Crippen LogP contribution is -2.31. The average Bonchev–Trinajstić information content (AvgIpc) is 3.60. The molecule has 0 bridgehead atoms. The predicted molar refractivity (Wildman–Crippen MR) is 169 cm³/mol. The standard InChI is InChI=1S/C30H26F3N7O2S2/c1-18(2)24-13-19(3)7-12-25(24)40-26(41)16-44-29(40)36-28(43)37-35-15-20-5-4-6-21(14-20)27-34-17-39(38-27)22-8-10-23(11-9-22)42-30(31,32)33/h4-15,17-18H,16H2,1-3H3,(H,37,43)/b35-15+,36-29?. The molecule has 0 saturated carbocycles. The number of amidine groups is 1. The molecule has 1 aromatic heterocycles. The highest BCUT2D eigenvalue weighted by atomic mass is 32.2. The van der Waals surface area contributed by atoms with Gasteiger partial charge in [-0.1, -0.05) is 61.5 Å². The van der Waals surface area contributed by atoms with Gasteiger partial charge in [-0.25, -0.2) is 9.67 Å². The second-order valence-electron chi connectivity index (χ2n) is 9.98. The van der Waals surface area contributed by atoms with E-state index in [0.29, 0.717) is 22.2 Å². The quantitative estimate of drug-likeness (QED) is 0.138. The number of nitrogens with one attached hydrogen (secondary N) is 1. The number of aliphatic imine (C=N–C) groups is 1. The minimum atomic E-state index is -4.76. The minimum Gasteiger partial charge on any atom is -0.406 e. The largest absolute Gasteiger partial charge is 0.573 e. The number of hydrogen-bond donors (Lipinski definition) is 1. The van der Waals surface area contributed by atoms with Gasteiger partial charge in [0.25, 0.3) is 0 Å². The van der Waals surface area contributed by atoms with E-state index in [-0.39, 0.29) is 28.4 Å². The number of ether oxygens (including phenoxy) is 1. The SMILES string of the molecule is Cc1ccc(N2C(=O)CSC2=NC(=S)N/N=C/c2cccc(-c3ncn(-c4ccc(OC(F)(F)F)cc4)n3)c2)c(C(C)C)c1. The lowest BCUT2D eigenvalue weighted by molar-refractivity contribution is -0.274. The van der Waals surface area contributed by atoms with Crippen molar-refractivity contribution in [1.82, 2.24) is 20.2 Å². The monoisotopic (exact) mass is 637 g/mol. The topological polar surface area (TPSA) is 97.0 Å². The van der Waals surface area contributed by atoms with E-state index < -0.39 is 6.36 Å². The molecular formula is C30H26F3N7O2S2. The molecule has 0 aliphatic carbocycles. The van der Waals surface area contributed by atoms with Crippen LogP contribution < -0.4 is 15.1 Å². The highest BCUT2D eigenvalue weighted by Gasteiger charge is 2.32. The number of nitrogens with zero attached hydrogens (tertiary/aromatic N) is 6. The van der Waals surface area contributed by atoms with Gasteiger partial charge in [-0.2, -0.15) is 10.1 Å². The number of thiocarbonyl (C=S) groups is 1. The number of carbonyl (C=O) groups excluding carboxylic acids is 1. The van der Waals surface area contributed by atoms with Crippen LogP contribution >= 0.6 is 24.0 Å². The van der Waals surface area contributed by atoms with E-state index in [1.807, 2.05) is 43.3 Å². The van der Waals surface area contributed by atoms with Crippen molar-refractivity contribution in [3.63, 3.8) is 0 Å². The Labute approximate surface area is 260 Å². The fourth-order valence-electron chi connectivity index (χ4n) is 4.37. The van der Waals surface area contributed by atoms with E-state index in [4.69, 9.17) is 12.2 Å². The summed E-state index contributed by atoms with van der Waals surface area (Å²) in [6, 6.07) is 18.6. The van der Waals surface area contributed by atoms with Crippen LogP contribution in [0.2, 0.25) is 0 Å². The number of halogens is 3. The summed E-state index contributed by atoms with van der Waals surface area (Å²) >= 11 is 6.71. The van der Waals surface area contributed by atoms with Gasteiger partial charge < -0.3 is 4.74 Å². The van der Waals surface area contributed by atoms with Crippen molar-refractivity contribution in [3.05, 3.63) is 89.7 Å². The van der Waals surface area contributed by atoms with Gasteiger partial charge in [-0.05, 0) is 72.6 Å². The Bertz CT molecular complexity index is 1750. The molecular weight excluding hydrogens is 612 g/mol. The number of hydrogen-bond acceptors (Lipinski definition) is 7. The molecule has 226 valence electrons. The Hall–Kier alpha value is -4.56. The molecule has 3 aromatic carbocycles. The summed E-state index contributed by atoms with van der Waals surface area (Å²) in [6.07, 6.45) is -1.74. The molecule has 0 atom stereocenters. The number of aryl methyl sites for hydroxylation is 1. The van der Waals surface area contributed by atoms with Gasteiger partial charge in [0.2, 0.25) is 11.0 Å². The number of alkyl halides is 3. The number of thioether (sulfide) groups is 1. The highest BCUT2D eigenvalue weighted by Crippen LogP contribution is 2.34. The summed E-state index contributed by atoms with van der Waals surface area (Å²) in [5.74, 6) is 0.501. The lowest BCUT2D eigenvalue weighted by atomic mass is 9.98. The maximum atomic E-state index is 12.8. The number of amides is 1. The van der Waals surface area contributed by atoms with Gasteiger partial charge in [-0.15, -0.1) is 18.3 Å². The van der Waals surface area contributed by atoms with Crippen molar-refractivity contribution >= 4 is 52.1 Å². The number of anilines is 1. The minimum absolute atomic E-state index is 0.0637. The molecule has 5 rings (SSSR count). The van der Waals surface area contributed by atoms with Crippen molar-refractivity contribution in [2.24, 2.45) is 10.1 Å². The van der Waals surface area contributed by atoms with E-state index in [0.717, 1.165) is 22.4 Å². The van der Waals surface area contributed by atoms with Crippen LogP contribution in [-0.2, 0) is 4.79 Å². The Balaban J connectivity index is 1.25. The van der Waals surface area contributed by atoms with Gasteiger partial charge in [0.05, 0.1) is 23.3 Å². The van der Waals surface area contributed by atoms with Crippen molar-refractivity contribution in [1.29, 1.82) is 0 Å². The molecule has 9 nitrogen and oxygen atoms in total. The first-order chi connectivity index (χ1) is 21.0. The second-order valence-corrected chi connectivity index (χ2v) is 11.3. The number of hydrazone groups is 1. The molecule has 1 fully saturated rings. The van der Waals surface area contributed by atoms with Crippen LogP contribution in [0.4, 0.5) is 18.9 Å². The van der Waals surface area contributed by atoms with Crippen LogP contribution in [0.1, 0.15) is 36.5 Å². The molecule has 1 aliphatic rings. The molecule has 0 unspecified atom stereocenters. The fraction of sp³-hybridized carbons (Fsp3) is 0.200. The van der Waals surface area contributed by atoms with Gasteiger partial charge in [0, 0.05) is 5.56 Å². The Morgan fingerprint density at radius 1 is 1.14 bits per heavy atom. The summed E-state index contributed by atoms with van der Waals surface area (Å²) in [6.45, 7) is 6.18. The molecule has 1 N–H and O–H groups in total. The van der Waals surface area contributed by atoms with Gasteiger partial charge in [0.15, 0.2) is 11.0 Å². The van der Waals surface area contributed by atoms with Crippen LogP contribution in [0.3, 0.4) is 0 Å². The summed E-state index contributed by atoms with van der Waals surface area (Å²) in [7, 11) is 0. The van der Waals surface area contributed by atoms with Crippen molar-refractivity contribution in [2.45, 2.75) is 33.1 Å². The first-order valence-electron chi connectivity index (χ1n) is 13.3. The molecule has 1 amide bonds. The number of aromatic nitrogens is 3. The summed E-state index contributed by atoms with van der Waals surface area (Å²) in [4.78, 5) is 23.2.